The number of nitrogens with one attached hydrogen (secondary N) is 1. The highest BCUT2D eigenvalue weighted by Crippen LogP contribution is 2.32. The van der Waals surface area contributed by atoms with Crippen molar-refractivity contribution in [1.82, 2.24) is 15.3 Å². The molecular formula is C29H27N5O6. The summed E-state index contributed by atoms with van der Waals surface area (Å²) in [5, 5.41) is 3.29. The number of hydrogen-bond acceptors (Lipinski definition) is 10. The molecule has 0 fully saturated rings. The third kappa shape index (κ3) is 5.54. The number of aromatic nitrogens is 2. The van der Waals surface area contributed by atoms with Gasteiger partial charge in [0, 0.05) is 30.8 Å². The molecule has 1 N–H and O–H groups in total. The van der Waals surface area contributed by atoms with Crippen molar-refractivity contribution in [2.24, 2.45) is 0 Å². The van der Waals surface area contributed by atoms with Crippen LogP contribution in [0.1, 0.15) is 18.1 Å². The summed E-state index contributed by atoms with van der Waals surface area (Å²) >= 11 is 0. The Balaban J connectivity index is 1.46. The fourth-order valence-corrected chi connectivity index (χ4v) is 4.43. The molecule has 0 spiro atoms. The number of amides is 1. The number of hydrogen-bond donors (Lipinski definition) is 1. The number of ketones is 1. The third-order valence-corrected chi connectivity index (χ3v) is 6.37. The Morgan fingerprint density at radius 3 is 2.60 bits per heavy atom. The van der Waals surface area contributed by atoms with E-state index >= 15 is 0 Å². The van der Waals surface area contributed by atoms with E-state index in [9.17, 15) is 14.4 Å². The first-order valence-corrected chi connectivity index (χ1v) is 12.5. The van der Waals surface area contributed by atoms with Gasteiger partial charge in [0.1, 0.15) is 17.6 Å². The summed E-state index contributed by atoms with van der Waals surface area (Å²) in [6, 6.07) is 15.4. The van der Waals surface area contributed by atoms with Gasteiger partial charge in [-0.2, -0.15) is 4.98 Å². The van der Waals surface area contributed by atoms with Gasteiger partial charge in [0.15, 0.2) is 5.78 Å². The van der Waals surface area contributed by atoms with Crippen molar-refractivity contribution in [3.05, 3.63) is 90.1 Å². The highest BCUT2D eigenvalue weighted by atomic mass is 16.7. The fourth-order valence-electron chi connectivity index (χ4n) is 4.43. The summed E-state index contributed by atoms with van der Waals surface area (Å²) in [7, 11) is 1.59. The predicted octanol–water partition coefficient (Wildman–Crippen LogP) is 3.74. The quantitative estimate of drug-likeness (QED) is 0.350. The lowest BCUT2D eigenvalue weighted by atomic mass is 9.92. The predicted molar refractivity (Wildman–Crippen MR) is 147 cm³/mol. The monoisotopic (exact) mass is 541 g/mol. The number of carbonyl (C=O) groups is 3. The van der Waals surface area contributed by atoms with E-state index in [1.807, 2.05) is 47.4 Å². The van der Waals surface area contributed by atoms with Crippen LogP contribution in [0.5, 0.6) is 5.75 Å². The Bertz CT molecular complexity index is 1470. The molecule has 1 atom stereocenters. The molecule has 11 heteroatoms. The topological polar surface area (TPSA) is 123 Å². The number of carbonyl (C=O) groups excluding carboxylic acids is 3. The smallest absolute Gasteiger partial charge is 0.424 e. The normalized spacial score (nSPS) is 16.1. The van der Waals surface area contributed by atoms with E-state index in [0.717, 1.165) is 11.1 Å². The van der Waals surface area contributed by atoms with Crippen LogP contribution in [0.4, 0.5) is 22.2 Å². The molecule has 1 aromatic heterocycles. The van der Waals surface area contributed by atoms with E-state index in [1.54, 1.807) is 43.6 Å². The zero-order valence-corrected chi connectivity index (χ0v) is 21.9. The standard InChI is InChI=1S/C29H27N5O6/c1-19(35)39-18-40-29(37)34(22-7-4-3-5-8-22)28-31-16-21-15-30-17-33(27(21)32-28)25-10-6-9-24(26(25)36)20-11-13-23(38-2)14-12-20/h3-14,16,25,30H,15,17-18H2,1-2H3. The summed E-state index contributed by atoms with van der Waals surface area (Å²) in [6.45, 7) is 1.50. The summed E-state index contributed by atoms with van der Waals surface area (Å²) in [4.78, 5) is 50.2. The molecule has 204 valence electrons. The summed E-state index contributed by atoms with van der Waals surface area (Å²) in [6.07, 6.45) is 6.25. The van der Waals surface area contributed by atoms with Crippen LogP contribution < -0.4 is 19.9 Å². The second-order valence-electron chi connectivity index (χ2n) is 8.91. The lowest BCUT2D eigenvalue weighted by Crippen LogP contribution is -2.49. The molecule has 2 heterocycles. The summed E-state index contributed by atoms with van der Waals surface area (Å²) in [5.74, 6) is 0.579. The van der Waals surface area contributed by atoms with Crippen molar-refractivity contribution >= 4 is 40.9 Å². The van der Waals surface area contributed by atoms with Crippen LogP contribution in [0.3, 0.4) is 0 Å². The van der Waals surface area contributed by atoms with Gasteiger partial charge in [-0.1, -0.05) is 48.6 Å². The molecule has 1 unspecified atom stereocenters. The first kappa shape index (κ1) is 26.6. The molecule has 40 heavy (non-hydrogen) atoms. The van der Waals surface area contributed by atoms with Gasteiger partial charge < -0.3 is 19.1 Å². The second kappa shape index (κ2) is 11.8. The number of anilines is 3. The average molecular weight is 542 g/mol. The minimum atomic E-state index is -0.828. The van der Waals surface area contributed by atoms with Gasteiger partial charge >= 0.3 is 12.1 Å². The van der Waals surface area contributed by atoms with E-state index < -0.39 is 24.9 Å². The lowest BCUT2D eigenvalue weighted by Gasteiger charge is -2.36. The summed E-state index contributed by atoms with van der Waals surface area (Å²) < 4.78 is 15.2. The van der Waals surface area contributed by atoms with Gasteiger partial charge in [-0.05, 0) is 29.8 Å². The molecule has 2 aliphatic rings. The molecule has 1 amide bonds. The van der Waals surface area contributed by atoms with Gasteiger partial charge in [-0.15, -0.1) is 0 Å². The second-order valence-corrected chi connectivity index (χ2v) is 8.91. The minimum absolute atomic E-state index is 0.0443. The molecule has 3 aromatic rings. The van der Waals surface area contributed by atoms with Crippen molar-refractivity contribution in [2.45, 2.75) is 19.5 Å². The molecule has 1 aliphatic heterocycles. The number of nitrogens with zero attached hydrogens (tertiary/aromatic N) is 4. The van der Waals surface area contributed by atoms with E-state index in [4.69, 9.17) is 19.2 Å². The number of Topliss-reactive ketones (excluding diaryl/α,β-unsaturated/α-hetero) is 1. The number of para-hydroxylation sites is 1. The van der Waals surface area contributed by atoms with Gasteiger partial charge in [0.05, 0.1) is 19.5 Å². The van der Waals surface area contributed by atoms with Gasteiger partial charge in [0.2, 0.25) is 12.7 Å². The Kier molecular flexibility index (Phi) is 7.83. The van der Waals surface area contributed by atoms with Gasteiger partial charge in [-0.3, -0.25) is 14.9 Å². The van der Waals surface area contributed by atoms with Crippen molar-refractivity contribution in [3.8, 4) is 5.75 Å². The summed E-state index contributed by atoms with van der Waals surface area (Å²) in [5.41, 5.74) is 2.56. The van der Waals surface area contributed by atoms with Crippen LogP contribution in [0.15, 0.2) is 79.0 Å². The molecule has 5 rings (SSSR count). The number of fused-ring (bicyclic) bond motifs is 1. The van der Waals surface area contributed by atoms with Crippen molar-refractivity contribution < 1.29 is 28.6 Å². The molecule has 11 nitrogen and oxygen atoms in total. The van der Waals surface area contributed by atoms with Crippen molar-refractivity contribution in [3.63, 3.8) is 0 Å². The first-order chi connectivity index (χ1) is 19.5. The van der Waals surface area contributed by atoms with E-state index in [-0.39, 0.29) is 11.7 Å². The van der Waals surface area contributed by atoms with Crippen LogP contribution in [-0.4, -0.2) is 54.4 Å². The molecule has 0 radical (unpaired) electrons. The molecule has 0 saturated heterocycles. The highest BCUT2D eigenvalue weighted by Gasteiger charge is 2.34. The number of methoxy groups -OCH3 is 1. The van der Waals surface area contributed by atoms with Gasteiger partial charge in [0.25, 0.3) is 0 Å². The minimum Gasteiger partial charge on any atom is -0.497 e. The van der Waals surface area contributed by atoms with Crippen LogP contribution in [0.2, 0.25) is 0 Å². The Hall–Kier alpha value is -5.03. The van der Waals surface area contributed by atoms with Crippen molar-refractivity contribution in [1.29, 1.82) is 0 Å². The largest absolute Gasteiger partial charge is 0.497 e. The molecule has 1 aliphatic carbocycles. The maximum absolute atomic E-state index is 13.7. The Morgan fingerprint density at radius 2 is 1.88 bits per heavy atom. The SMILES string of the molecule is COc1ccc(C2=CC=CC(N3CNCc4cnc(N(C(=O)OCOC(C)=O)c5ccccc5)nc43)C2=O)cc1. The van der Waals surface area contributed by atoms with E-state index in [0.29, 0.717) is 36.0 Å². The number of benzene rings is 2. The number of ether oxygens (including phenoxy) is 3. The third-order valence-electron chi connectivity index (χ3n) is 6.37. The Labute approximate surface area is 230 Å². The van der Waals surface area contributed by atoms with Crippen LogP contribution in [-0.2, 0) is 25.6 Å². The first-order valence-electron chi connectivity index (χ1n) is 12.5. The van der Waals surface area contributed by atoms with E-state index in [2.05, 4.69) is 10.3 Å². The molecule has 0 bridgehead atoms. The van der Waals surface area contributed by atoms with E-state index in [1.165, 1.54) is 11.8 Å². The van der Waals surface area contributed by atoms with Crippen molar-refractivity contribution in [2.75, 3.05) is 30.4 Å². The average Bonchev–Trinajstić information content (AvgIpc) is 2.98. The maximum Gasteiger partial charge on any atom is 0.424 e. The zero-order valence-electron chi connectivity index (χ0n) is 21.9. The van der Waals surface area contributed by atoms with Crippen LogP contribution >= 0.6 is 0 Å². The highest BCUT2D eigenvalue weighted by molar-refractivity contribution is 6.26. The Morgan fingerprint density at radius 1 is 1.10 bits per heavy atom. The number of allylic oxidation sites excluding steroid dienone is 2. The fraction of sp³-hybridized carbons (Fsp3) is 0.207. The number of esters is 1. The zero-order chi connectivity index (χ0) is 28.1. The number of rotatable bonds is 7. The molecule has 2 aromatic carbocycles. The van der Waals surface area contributed by atoms with Crippen LogP contribution in [0.25, 0.3) is 5.57 Å². The van der Waals surface area contributed by atoms with Gasteiger partial charge in [-0.25, -0.2) is 14.7 Å². The molecular weight excluding hydrogens is 514 g/mol. The maximum atomic E-state index is 13.7. The molecule has 0 saturated carbocycles. The van der Waals surface area contributed by atoms with Crippen LogP contribution in [0, 0.1) is 0 Å². The lowest BCUT2D eigenvalue weighted by molar-refractivity contribution is -0.148.